The molecule has 722 valence electrons. The summed E-state index contributed by atoms with van der Waals surface area (Å²) in [4.78, 5) is 108. The minimum absolute atomic E-state index is 0. The number of amides is 4. The van der Waals surface area contributed by atoms with Crippen LogP contribution in [0.15, 0.2) is 121 Å². The zero-order chi connectivity index (χ0) is 96.5. The molecule has 4 atom stereocenters. The van der Waals surface area contributed by atoms with E-state index in [1.165, 1.54) is 60.8 Å². The number of rotatable bonds is 17. The predicted molar refractivity (Wildman–Crippen MR) is 529 cm³/mol. The summed E-state index contributed by atoms with van der Waals surface area (Å²) >= 11 is 2.30. The Hall–Kier alpha value is -12.4. The van der Waals surface area contributed by atoms with Gasteiger partial charge in [-0.2, -0.15) is 0 Å². The minimum atomic E-state index is -1.08. The maximum atomic E-state index is 15.2. The number of carbonyl (C=O) groups is 7. The molecule has 4 amide bonds. The quantitative estimate of drug-likeness (QED) is 0.0213. The van der Waals surface area contributed by atoms with Gasteiger partial charge in [0, 0.05) is 156 Å². The number of carboxylic acid groups (broad SMARTS) is 1. The zero-order valence-electron chi connectivity index (χ0n) is 78.2. The molecule has 0 spiro atoms. The Morgan fingerprint density at radius 1 is 0.478 bits per heavy atom. The van der Waals surface area contributed by atoms with Crippen molar-refractivity contribution >= 4 is 93.8 Å². The minimum Gasteiger partial charge on any atom is -0.492 e. The van der Waals surface area contributed by atoms with Gasteiger partial charge in [0.15, 0.2) is 0 Å². The van der Waals surface area contributed by atoms with Crippen LogP contribution in [0.1, 0.15) is 248 Å². The number of esters is 2. The summed E-state index contributed by atoms with van der Waals surface area (Å²) in [5.74, 6) is 0.186. The first-order valence-electron chi connectivity index (χ1n) is 42.3. The summed E-state index contributed by atoms with van der Waals surface area (Å²) in [7, 11) is 16.0. The van der Waals surface area contributed by atoms with Crippen LogP contribution in [0.3, 0.4) is 0 Å². The largest absolute Gasteiger partial charge is 0.495 e. The fourth-order valence-corrected chi connectivity index (χ4v) is 16.7. The van der Waals surface area contributed by atoms with Crippen molar-refractivity contribution < 1.29 is 95.0 Å². The molecule has 0 saturated carbocycles. The average Bonchev–Trinajstić information content (AvgIpc) is 1.59. The molecule has 2 aliphatic carbocycles. The van der Waals surface area contributed by atoms with Gasteiger partial charge in [-0.15, -0.1) is 0 Å². The van der Waals surface area contributed by atoms with Gasteiger partial charge in [0.1, 0.15) is 46.8 Å². The van der Waals surface area contributed by atoms with Gasteiger partial charge >= 0.3 is 25.0 Å². The number of hydrogen-bond acceptors (Lipinski definition) is 20. The molecule has 27 nitrogen and oxygen atoms in total. The van der Waals surface area contributed by atoms with Gasteiger partial charge in [0.2, 0.25) is 0 Å². The van der Waals surface area contributed by atoms with Crippen LogP contribution in [0.2, 0.25) is 0 Å². The van der Waals surface area contributed by atoms with E-state index in [0.29, 0.717) is 112 Å². The molecule has 5 aliphatic rings. The highest BCUT2D eigenvalue weighted by molar-refractivity contribution is 14.1. The number of nitrogen functional groups attached to an aromatic ring is 1. The van der Waals surface area contributed by atoms with Crippen LogP contribution >= 0.6 is 22.6 Å². The number of methoxy groups -OCH3 is 2. The number of nitro groups is 2. The van der Waals surface area contributed by atoms with Gasteiger partial charge in [-0.3, -0.25) is 49.0 Å². The van der Waals surface area contributed by atoms with Crippen molar-refractivity contribution in [3.63, 3.8) is 0 Å². The third-order valence-electron chi connectivity index (χ3n) is 23.7. The van der Waals surface area contributed by atoms with Gasteiger partial charge < -0.3 is 68.2 Å². The molecule has 0 bridgehead atoms. The second kappa shape index (κ2) is 47.0. The molecule has 3 N–H and O–H groups in total. The number of fused-ring (bicyclic) bond motifs is 4. The number of halogens is 3. The first kappa shape index (κ1) is 112. The van der Waals surface area contributed by atoms with Crippen molar-refractivity contribution in [1.29, 1.82) is 0 Å². The molecular weight excluding hydrogens is 1830 g/mol. The molecular formula is C103H131BF2IN7O20. The van der Waals surface area contributed by atoms with Crippen LogP contribution in [0.4, 0.5) is 25.8 Å². The van der Waals surface area contributed by atoms with E-state index in [0.717, 1.165) is 83.5 Å². The maximum absolute atomic E-state index is 15.2. The Bertz CT molecular complexity index is 5690. The molecule has 134 heavy (non-hydrogen) atoms. The van der Waals surface area contributed by atoms with Crippen molar-refractivity contribution in [3.05, 3.63) is 274 Å². The number of aryl methyl sites for hydroxylation is 10. The molecule has 0 aromatic heterocycles. The highest BCUT2D eigenvalue weighted by Crippen LogP contribution is 2.48. The van der Waals surface area contributed by atoms with E-state index < -0.39 is 46.3 Å². The number of hydrogen-bond donors (Lipinski definition) is 2. The van der Waals surface area contributed by atoms with Crippen LogP contribution in [-0.4, -0.2) is 178 Å². The molecule has 0 radical (unpaired) electrons. The summed E-state index contributed by atoms with van der Waals surface area (Å²) in [5.41, 5.74) is 24.1. The van der Waals surface area contributed by atoms with Crippen LogP contribution in [0.25, 0.3) is 11.1 Å². The van der Waals surface area contributed by atoms with Crippen molar-refractivity contribution in [3.8, 4) is 34.1 Å². The lowest BCUT2D eigenvalue weighted by Crippen LogP contribution is -2.41. The third kappa shape index (κ3) is 26.0. The van der Waals surface area contributed by atoms with Gasteiger partial charge in [-0.05, 0) is 291 Å². The fraction of sp³-hybridized carbons (Fsp3) is 0.408. The second-order valence-electron chi connectivity index (χ2n) is 34.8. The van der Waals surface area contributed by atoms with E-state index >= 15 is 8.78 Å². The lowest BCUT2D eigenvalue weighted by atomic mass is 9.75. The predicted octanol–water partition coefficient (Wildman–Crippen LogP) is 20.7. The molecule has 1 fully saturated rings. The van der Waals surface area contributed by atoms with E-state index in [1.54, 1.807) is 103 Å². The Kier molecular flexibility index (Phi) is 39.4. The van der Waals surface area contributed by atoms with E-state index in [9.17, 15) is 53.8 Å². The first-order chi connectivity index (χ1) is 60.9. The Morgan fingerprint density at radius 3 is 1.14 bits per heavy atom. The number of nitrogens with two attached hydrogens (primary N) is 1. The summed E-state index contributed by atoms with van der Waals surface area (Å²) in [5, 5.41) is 30.0. The smallest absolute Gasteiger partial charge is 0.492 e. The maximum Gasteiger partial charge on any atom is 0.495 e. The summed E-state index contributed by atoms with van der Waals surface area (Å²) < 4.78 is 77.7. The fourth-order valence-electron chi connectivity index (χ4n) is 16.4. The van der Waals surface area contributed by atoms with Gasteiger partial charge in [0.25, 0.3) is 35.0 Å². The summed E-state index contributed by atoms with van der Waals surface area (Å²) in [6.07, 6.45) is 2.37. The third-order valence-corrected chi connectivity index (χ3v) is 25.4. The lowest BCUT2D eigenvalue weighted by molar-refractivity contribution is -0.386. The average molecular weight is 1960 g/mol. The van der Waals surface area contributed by atoms with Crippen LogP contribution < -0.4 is 30.1 Å². The van der Waals surface area contributed by atoms with Crippen LogP contribution in [0, 0.1) is 105 Å². The number of aromatic carboxylic acids is 1. The van der Waals surface area contributed by atoms with E-state index in [2.05, 4.69) is 22.6 Å². The Morgan fingerprint density at radius 2 is 0.799 bits per heavy atom. The van der Waals surface area contributed by atoms with Gasteiger partial charge in [-0.25, -0.2) is 13.6 Å². The number of nitro benzene ring substituents is 2. The molecule has 3 heterocycles. The van der Waals surface area contributed by atoms with Crippen molar-refractivity contribution in [2.24, 2.45) is 0 Å². The van der Waals surface area contributed by atoms with Crippen molar-refractivity contribution in [1.82, 2.24) is 19.6 Å². The highest BCUT2D eigenvalue weighted by atomic mass is 127. The molecule has 9 aromatic rings. The number of carbonyl (C=O) groups excluding carboxylic acids is 6. The van der Waals surface area contributed by atoms with E-state index in [-0.39, 0.29) is 119 Å². The Balaban J connectivity index is 0.000000300. The van der Waals surface area contributed by atoms with Crippen molar-refractivity contribution in [2.75, 3.05) is 89.5 Å². The molecule has 14 rings (SSSR count). The lowest BCUT2D eigenvalue weighted by Gasteiger charge is -2.32. The number of nitrogens with zero attached hydrogens (tertiary/aromatic N) is 6. The number of benzene rings is 9. The molecule has 31 heteroatoms. The standard InChI is InChI=1S/C31H32FNO5.C26H30BFO6.C11H14INO.C11H14N2O3.C11H16N2O.C9H9NO4.4CH4/c1-17-12-19(31(35)33(3)4)13-18(2)29(17)23-8-10-25(32)30-24(23)9-11-26(30)38-21-6-7-22-20(14-28(34)36-5)16-37-27(22)15-21;1-25(2)26(3,4)34-27(33-25)19-9-10-20(28)24-18(19)8-11-21(24)32-16-6-7-17-15(12-23(29)30-5)14-31-22(17)13-16;1-7-5-9(11(14)13(3)4)6-8(2)10(7)12;1-7-5-9(11(14)12(3)4)6-8(2)10(7)13(15)16;1-7-5-9(11(14)13(3)4)6-8(2)10(7)12;1-5-3-7(9(11)12)4-6(2)8(5)10(13)14;;;;/h6-8,10,12-13,15,20,26H,9,11,14,16H2,1-5H3;6-7,9-10,13,15,21H,8,11-12,14H2,1-5H3;5-6H,1-4H3;5-6H,1-4H3;5-6H,12H2,1-4H3;3-4H,1-2H3,(H,11,12);4*1H4/t20-,26+;15-,21-;;;;;;;;/m11......../s1. The van der Waals surface area contributed by atoms with E-state index in [4.69, 9.17) is 48.6 Å². The van der Waals surface area contributed by atoms with Gasteiger partial charge in [0.05, 0.1) is 66.9 Å². The summed E-state index contributed by atoms with van der Waals surface area (Å²) in [6, 6.07) is 34.8. The van der Waals surface area contributed by atoms with Gasteiger partial charge in [-0.1, -0.05) is 54.0 Å². The first-order valence-corrected chi connectivity index (χ1v) is 43.3. The summed E-state index contributed by atoms with van der Waals surface area (Å²) in [6.45, 7) is 27.1. The highest BCUT2D eigenvalue weighted by Gasteiger charge is 2.53. The van der Waals surface area contributed by atoms with Crippen molar-refractivity contribution in [2.45, 2.75) is 200 Å². The normalized spacial score (nSPS) is 15.3. The molecule has 1 saturated heterocycles. The second-order valence-corrected chi connectivity index (χ2v) is 35.9. The van der Waals surface area contributed by atoms with Crippen LogP contribution in [0.5, 0.6) is 23.0 Å². The van der Waals surface area contributed by atoms with Crippen LogP contribution in [-0.2, 0) is 41.2 Å². The van der Waals surface area contributed by atoms with E-state index in [1.807, 2.05) is 148 Å². The number of anilines is 1. The topological polar surface area (TPSA) is 339 Å². The monoisotopic (exact) mass is 1960 g/mol. The SMILES string of the molecule is C.C.C.C.COC(=O)C[C@@H]1COc2cc(O[C@@H]3CCc4c(B5OC(C)(C)C(C)(C)O5)ccc(F)c43)ccc21.COC(=O)C[C@@H]1COc2cc(O[C@H]3CCc4c(-c5c(C)cc(C(=O)N(C)C)cc5C)ccc(F)c43)ccc21.Cc1cc(C(=O)N(C)C)cc(C)c1I.Cc1cc(C(=O)N(C)C)cc(C)c1N.Cc1cc(C(=O)N(C)C)cc(C)c1[N+](=O)[O-].Cc1cc(C(=O)O)cc(C)c1[N+](=O)[O-]. The molecule has 0 unspecified atom stereocenters. The zero-order valence-corrected chi connectivity index (χ0v) is 80.3. The Labute approximate surface area is 801 Å². The number of carboxylic acids is 1. The molecule has 9 aromatic carbocycles. The molecule has 3 aliphatic heterocycles. The number of ether oxygens (including phenoxy) is 6.